The summed E-state index contributed by atoms with van der Waals surface area (Å²) in [6.07, 6.45) is 6.86. The topological polar surface area (TPSA) is 20.2 Å². The molecule has 3 aromatic rings. The highest BCUT2D eigenvalue weighted by Gasteiger charge is 2.33. The number of benzene rings is 3. The summed E-state index contributed by atoms with van der Waals surface area (Å²) < 4.78 is 0. The highest BCUT2D eigenvalue weighted by Crippen LogP contribution is 2.46. The molecular weight excluding hydrogens is 412 g/mol. The van der Waals surface area contributed by atoms with Crippen LogP contribution < -0.4 is 0 Å². The minimum Gasteiger partial charge on any atom is -0.507 e. The Morgan fingerprint density at radius 1 is 0.781 bits per heavy atom. The van der Waals surface area contributed by atoms with Gasteiger partial charge in [-0.3, -0.25) is 0 Å². The van der Waals surface area contributed by atoms with E-state index in [0.29, 0.717) is 5.75 Å². The lowest BCUT2D eigenvalue weighted by atomic mass is 9.71. The number of halogens is 1. The molecule has 0 radical (unpaired) electrons. The molecule has 0 saturated carbocycles. The molecule has 32 heavy (non-hydrogen) atoms. The van der Waals surface area contributed by atoms with Crippen LogP contribution in [0.5, 0.6) is 5.75 Å². The summed E-state index contributed by atoms with van der Waals surface area (Å²) in [6, 6.07) is 25.4. The predicted molar refractivity (Wildman–Crippen MR) is 136 cm³/mol. The zero-order chi connectivity index (χ0) is 22.9. The Labute approximate surface area is 197 Å². The number of rotatable bonds is 5. The second-order valence-electron chi connectivity index (χ2n) is 9.73. The molecule has 0 bridgehead atoms. The van der Waals surface area contributed by atoms with Gasteiger partial charge in [0.1, 0.15) is 5.75 Å². The molecule has 0 amide bonds. The van der Waals surface area contributed by atoms with E-state index in [-0.39, 0.29) is 16.7 Å². The van der Waals surface area contributed by atoms with Crippen molar-refractivity contribution in [2.45, 2.75) is 50.9 Å². The molecule has 1 nitrogen and oxygen atoms in total. The third-order valence-electron chi connectivity index (χ3n) is 6.98. The molecule has 0 fully saturated rings. The highest BCUT2D eigenvalue weighted by atomic mass is 35.5. The van der Waals surface area contributed by atoms with E-state index in [2.05, 4.69) is 101 Å². The molecule has 0 saturated heterocycles. The number of hydrogen-bond donors (Lipinski definition) is 1. The smallest absolute Gasteiger partial charge is 0.123 e. The first kappa shape index (κ1) is 22.4. The van der Waals surface area contributed by atoms with Gasteiger partial charge in [-0.2, -0.15) is 0 Å². The molecule has 4 rings (SSSR count). The van der Waals surface area contributed by atoms with E-state index < -0.39 is 0 Å². The Bertz CT molecular complexity index is 1150. The van der Waals surface area contributed by atoms with Gasteiger partial charge < -0.3 is 5.11 Å². The average molecular weight is 443 g/mol. The minimum atomic E-state index is -0.352. The molecule has 1 atom stereocenters. The van der Waals surface area contributed by atoms with E-state index in [1.165, 1.54) is 16.7 Å². The van der Waals surface area contributed by atoms with E-state index in [0.717, 1.165) is 22.6 Å². The zero-order valence-corrected chi connectivity index (χ0v) is 20.0. The van der Waals surface area contributed by atoms with Crippen molar-refractivity contribution in [1.29, 1.82) is 0 Å². The van der Waals surface area contributed by atoms with Crippen LogP contribution in [0.3, 0.4) is 0 Å². The van der Waals surface area contributed by atoms with Gasteiger partial charge in [-0.1, -0.05) is 124 Å². The van der Waals surface area contributed by atoms with Gasteiger partial charge in [-0.05, 0) is 29.2 Å². The van der Waals surface area contributed by atoms with Gasteiger partial charge in [0.05, 0.1) is 0 Å². The van der Waals surface area contributed by atoms with E-state index in [1.54, 1.807) is 0 Å². The van der Waals surface area contributed by atoms with Crippen LogP contribution in [0.1, 0.15) is 67.9 Å². The van der Waals surface area contributed by atoms with Crippen LogP contribution in [0, 0.1) is 0 Å². The Morgan fingerprint density at radius 3 is 1.88 bits per heavy atom. The first-order valence-corrected chi connectivity index (χ1v) is 11.6. The van der Waals surface area contributed by atoms with Crippen molar-refractivity contribution < 1.29 is 5.11 Å². The van der Waals surface area contributed by atoms with E-state index in [1.807, 2.05) is 18.2 Å². The lowest BCUT2D eigenvalue weighted by Gasteiger charge is -2.33. The van der Waals surface area contributed by atoms with Gasteiger partial charge in [0.15, 0.2) is 0 Å². The van der Waals surface area contributed by atoms with Crippen LogP contribution in [0.2, 0.25) is 0 Å². The Hall–Kier alpha value is -2.77. The lowest BCUT2D eigenvalue weighted by Crippen LogP contribution is -2.24. The van der Waals surface area contributed by atoms with Gasteiger partial charge in [-0.15, -0.1) is 0 Å². The fourth-order valence-electron chi connectivity index (χ4n) is 4.63. The van der Waals surface area contributed by atoms with Crippen LogP contribution in [-0.4, -0.2) is 5.11 Å². The summed E-state index contributed by atoms with van der Waals surface area (Å²) >= 11 is 6.19. The molecule has 1 aliphatic carbocycles. The minimum absolute atomic E-state index is 0.0920. The molecular formula is C30H31ClO. The fraction of sp³-hybridized carbons (Fsp3) is 0.267. The van der Waals surface area contributed by atoms with Gasteiger partial charge in [-0.25, -0.2) is 0 Å². The molecule has 1 aliphatic rings. The Balaban J connectivity index is 1.93. The van der Waals surface area contributed by atoms with Crippen LogP contribution in [0.25, 0.3) is 0 Å². The quantitative estimate of drug-likeness (QED) is 0.422. The number of phenols is 1. The average Bonchev–Trinajstić information content (AvgIpc) is 2.81. The summed E-state index contributed by atoms with van der Waals surface area (Å²) in [5.74, 6) is 0.474. The van der Waals surface area contributed by atoms with E-state index in [4.69, 9.17) is 11.6 Å². The maximum Gasteiger partial charge on any atom is 0.123 e. The summed E-state index contributed by atoms with van der Waals surface area (Å²) in [4.78, 5) is 0. The van der Waals surface area contributed by atoms with E-state index in [9.17, 15) is 5.11 Å². The number of hydrogen-bond acceptors (Lipinski definition) is 1. The number of aromatic hydroxyl groups is 1. The molecule has 164 valence electrons. The van der Waals surface area contributed by atoms with Crippen molar-refractivity contribution in [3.8, 4) is 5.75 Å². The zero-order valence-electron chi connectivity index (χ0n) is 19.3. The maximum absolute atomic E-state index is 11.6. The summed E-state index contributed by atoms with van der Waals surface area (Å²) in [5.41, 5.74) is 4.98. The largest absolute Gasteiger partial charge is 0.507 e. The second-order valence-corrected chi connectivity index (χ2v) is 10.2. The lowest BCUT2D eigenvalue weighted by molar-refractivity contribution is 0.442. The molecule has 0 heterocycles. The first-order valence-electron chi connectivity index (χ1n) is 11.2. The van der Waals surface area contributed by atoms with Gasteiger partial charge >= 0.3 is 0 Å². The van der Waals surface area contributed by atoms with Crippen LogP contribution in [0.15, 0.2) is 96.1 Å². The first-order chi connectivity index (χ1) is 15.2. The van der Waals surface area contributed by atoms with Gasteiger partial charge in [0.25, 0.3) is 0 Å². The van der Waals surface area contributed by atoms with Crippen molar-refractivity contribution in [3.05, 3.63) is 124 Å². The standard InChI is InChI=1S/C30H31ClO/c1-29(2,22-11-7-5-8-12-22)24-19-26(21-15-17-25(31)18-16-21)28(32)27(20-24)30(3,4)23-13-9-6-10-14-23/h5-15,17-21,32H,16H2,1-4H3. The van der Waals surface area contributed by atoms with E-state index >= 15 is 0 Å². The van der Waals surface area contributed by atoms with Crippen LogP contribution >= 0.6 is 11.6 Å². The monoisotopic (exact) mass is 442 g/mol. The molecule has 1 unspecified atom stereocenters. The third kappa shape index (κ3) is 4.14. The molecule has 0 aliphatic heterocycles. The Kier molecular flexibility index (Phi) is 6.05. The molecule has 0 spiro atoms. The summed E-state index contributed by atoms with van der Waals surface area (Å²) in [7, 11) is 0. The predicted octanol–water partition coefficient (Wildman–Crippen LogP) is 8.21. The van der Waals surface area contributed by atoms with Crippen molar-refractivity contribution in [1.82, 2.24) is 0 Å². The number of allylic oxidation sites excluding steroid dienone is 4. The Morgan fingerprint density at radius 2 is 1.34 bits per heavy atom. The fourth-order valence-corrected chi connectivity index (χ4v) is 4.80. The molecule has 2 heteroatoms. The summed E-state index contributed by atoms with van der Waals surface area (Å²) in [6.45, 7) is 8.89. The van der Waals surface area contributed by atoms with Crippen LogP contribution in [-0.2, 0) is 10.8 Å². The summed E-state index contributed by atoms with van der Waals surface area (Å²) in [5, 5.41) is 12.3. The molecule has 1 N–H and O–H groups in total. The highest BCUT2D eigenvalue weighted by molar-refractivity contribution is 6.31. The second kappa shape index (κ2) is 8.64. The molecule has 0 aromatic heterocycles. The van der Waals surface area contributed by atoms with Crippen molar-refractivity contribution >= 4 is 11.6 Å². The van der Waals surface area contributed by atoms with Crippen molar-refractivity contribution in [2.24, 2.45) is 0 Å². The normalized spacial score (nSPS) is 16.7. The molecule has 3 aromatic carbocycles. The number of phenolic OH excluding ortho intramolecular Hbond substituents is 1. The SMILES string of the molecule is CC(C)(c1ccccc1)c1cc(C2C=CC(Cl)=CC2)c(O)c(C(C)(C)c2ccccc2)c1. The van der Waals surface area contributed by atoms with Gasteiger partial charge in [0.2, 0.25) is 0 Å². The van der Waals surface area contributed by atoms with Gasteiger partial charge in [0, 0.05) is 32.9 Å². The maximum atomic E-state index is 11.6. The third-order valence-corrected chi connectivity index (χ3v) is 7.26. The van der Waals surface area contributed by atoms with Crippen molar-refractivity contribution in [2.75, 3.05) is 0 Å². The van der Waals surface area contributed by atoms with Crippen LogP contribution in [0.4, 0.5) is 0 Å². The van der Waals surface area contributed by atoms with Crippen molar-refractivity contribution in [3.63, 3.8) is 0 Å².